The molecule has 0 fully saturated rings. The number of nitrogens with one attached hydrogen (secondary N) is 2. The van der Waals surface area contributed by atoms with Crippen LogP contribution in [0.25, 0.3) is 0 Å². The Hall–Kier alpha value is -1.60. The average molecular weight is 263 g/mol. The number of aromatic nitrogens is 2. The van der Waals surface area contributed by atoms with Crippen molar-refractivity contribution >= 4 is 5.91 Å². The van der Waals surface area contributed by atoms with Crippen LogP contribution in [0, 0.1) is 6.92 Å². The van der Waals surface area contributed by atoms with E-state index in [0.717, 1.165) is 4.57 Å². The molecule has 8 heteroatoms. The lowest BCUT2D eigenvalue weighted by atomic mass is 10.4. The molecular formula is C9H15ClN4O3. The molecule has 0 aromatic carbocycles. The summed E-state index contributed by atoms with van der Waals surface area (Å²) in [6.07, 6.45) is 1.37. The summed E-state index contributed by atoms with van der Waals surface area (Å²) >= 11 is 0. The lowest BCUT2D eigenvalue weighted by Gasteiger charge is -2.05. The molecule has 0 saturated carbocycles. The SMILES string of the molecule is Cc1cn(CC(=O)NCC[NH3+])c(=O)[nH]c1=O.[Cl-]. The highest BCUT2D eigenvalue weighted by Gasteiger charge is 2.05. The van der Waals surface area contributed by atoms with E-state index in [1.165, 1.54) is 6.20 Å². The molecule has 1 aromatic heterocycles. The van der Waals surface area contributed by atoms with Crippen LogP contribution in [0.5, 0.6) is 0 Å². The molecule has 0 bridgehead atoms. The fourth-order valence-electron chi connectivity index (χ4n) is 1.17. The van der Waals surface area contributed by atoms with Crippen LogP contribution in [-0.2, 0) is 11.3 Å². The molecule has 1 aromatic rings. The van der Waals surface area contributed by atoms with Crippen molar-refractivity contribution in [3.8, 4) is 0 Å². The second kappa shape index (κ2) is 6.87. The number of aryl methyl sites for hydroxylation is 1. The van der Waals surface area contributed by atoms with Gasteiger partial charge in [-0.1, -0.05) is 0 Å². The summed E-state index contributed by atoms with van der Waals surface area (Å²) in [6, 6.07) is 0. The van der Waals surface area contributed by atoms with Gasteiger partial charge in [0, 0.05) is 11.8 Å². The number of amides is 1. The number of carbonyl (C=O) groups excluding carboxylic acids is 1. The van der Waals surface area contributed by atoms with Crippen molar-refractivity contribution in [1.82, 2.24) is 14.9 Å². The minimum atomic E-state index is -0.583. The van der Waals surface area contributed by atoms with Gasteiger partial charge in [0.25, 0.3) is 5.56 Å². The highest BCUT2D eigenvalue weighted by molar-refractivity contribution is 5.75. The van der Waals surface area contributed by atoms with Crippen molar-refractivity contribution in [2.75, 3.05) is 13.1 Å². The normalized spacial score (nSPS) is 9.53. The summed E-state index contributed by atoms with van der Waals surface area (Å²) in [5.74, 6) is -0.280. The van der Waals surface area contributed by atoms with Crippen LogP contribution in [0.3, 0.4) is 0 Å². The molecule has 5 N–H and O–H groups in total. The minimum Gasteiger partial charge on any atom is -1.00 e. The van der Waals surface area contributed by atoms with E-state index in [4.69, 9.17) is 0 Å². The van der Waals surface area contributed by atoms with Gasteiger partial charge in [-0.25, -0.2) is 4.79 Å². The quantitative estimate of drug-likeness (QED) is 0.503. The van der Waals surface area contributed by atoms with Gasteiger partial charge in [-0.05, 0) is 6.92 Å². The summed E-state index contributed by atoms with van der Waals surface area (Å²) in [4.78, 5) is 35.8. The third-order valence-electron chi connectivity index (χ3n) is 2.00. The van der Waals surface area contributed by atoms with Gasteiger partial charge in [0.2, 0.25) is 5.91 Å². The van der Waals surface area contributed by atoms with E-state index >= 15 is 0 Å². The topological polar surface area (TPSA) is 112 Å². The maximum atomic E-state index is 11.3. The van der Waals surface area contributed by atoms with Gasteiger partial charge in [0.15, 0.2) is 0 Å². The minimum absolute atomic E-state index is 0. The van der Waals surface area contributed by atoms with Crippen molar-refractivity contribution in [2.24, 2.45) is 0 Å². The Kier molecular flexibility index (Phi) is 6.22. The number of carbonyl (C=O) groups is 1. The molecule has 96 valence electrons. The Morgan fingerprint density at radius 1 is 1.53 bits per heavy atom. The van der Waals surface area contributed by atoms with E-state index in [2.05, 4.69) is 16.0 Å². The smallest absolute Gasteiger partial charge is 0.328 e. The maximum Gasteiger partial charge on any atom is 0.328 e. The van der Waals surface area contributed by atoms with Gasteiger partial charge in [-0.15, -0.1) is 0 Å². The zero-order chi connectivity index (χ0) is 12.1. The van der Waals surface area contributed by atoms with Crippen molar-refractivity contribution in [3.05, 3.63) is 32.6 Å². The summed E-state index contributed by atoms with van der Waals surface area (Å²) < 4.78 is 1.16. The van der Waals surface area contributed by atoms with Gasteiger partial charge in [-0.2, -0.15) is 0 Å². The molecule has 0 saturated heterocycles. The van der Waals surface area contributed by atoms with E-state index < -0.39 is 11.2 Å². The first-order chi connectivity index (χ1) is 7.54. The molecular weight excluding hydrogens is 248 g/mol. The average Bonchev–Trinajstić information content (AvgIpc) is 2.23. The molecule has 0 atom stereocenters. The van der Waals surface area contributed by atoms with E-state index in [0.29, 0.717) is 18.7 Å². The largest absolute Gasteiger partial charge is 1.00 e. The molecule has 1 amide bonds. The third kappa shape index (κ3) is 4.41. The highest BCUT2D eigenvalue weighted by atomic mass is 35.5. The Balaban J connectivity index is 0.00000256. The summed E-state index contributed by atoms with van der Waals surface area (Å²) in [6.45, 7) is 2.53. The Bertz CT molecular complexity index is 494. The number of hydrogen-bond acceptors (Lipinski definition) is 3. The van der Waals surface area contributed by atoms with Crippen LogP contribution in [0.15, 0.2) is 15.8 Å². The van der Waals surface area contributed by atoms with E-state index in [-0.39, 0.29) is 24.9 Å². The first-order valence-corrected chi connectivity index (χ1v) is 4.91. The summed E-state index contributed by atoms with van der Waals surface area (Å²) in [5, 5.41) is 2.59. The molecule has 0 unspecified atom stereocenters. The number of halogens is 1. The highest BCUT2D eigenvalue weighted by Crippen LogP contribution is 1.84. The predicted molar refractivity (Wildman–Crippen MR) is 56.8 cm³/mol. The molecule has 0 spiro atoms. The van der Waals surface area contributed by atoms with Gasteiger partial charge < -0.3 is 23.5 Å². The Morgan fingerprint density at radius 2 is 2.18 bits per heavy atom. The molecule has 17 heavy (non-hydrogen) atoms. The predicted octanol–water partition coefficient (Wildman–Crippen LogP) is -5.79. The number of aromatic amines is 1. The zero-order valence-electron chi connectivity index (χ0n) is 9.46. The number of nitrogens with zero attached hydrogens (tertiary/aromatic N) is 1. The summed E-state index contributed by atoms with van der Waals surface area (Å²) in [7, 11) is 0. The van der Waals surface area contributed by atoms with Crippen molar-refractivity contribution in [2.45, 2.75) is 13.5 Å². The van der Waals surface area contributed by atoms with Crippen molar-refractivity contribution in [3.63, 3.8) is 0 Å². The van der Waals surface area contributed by atoms with Gasteiger partial charge in [0.1, 0.15) is 6.54 Å². The molecule has 0 radical (unpaired) electrons. The number of quaternary nitrogens is 1. The second-order valence-electron chi connectivity index (χ2n) is 3.40. The van der Waals surface area contributed by atoms with Crippen LogP contribution in [0.1, 0.15) is 5.56 Å². The zero-order valence-corrected chi connectivity index (χ0v) is 10.2. The lowest BCUT2D eigenvalue weighted by Crippen LogP contribution is -3.00. The standard InChI is InChI=1S/C9H14N4O3.ClH/c1-6-4-13(9(16)12-8(6)15)5-7(14)11-3-2-10;/h4H,2-3,5,10H2,1H3,(H,11,14)(H,12,15,16);1H. The van der Waals surface area contributed by atoms with Crippen LogP contribution in [-0.4, -0.2) is 28.5 Å². The van der Waals surface area contributed by atoms with E-state index in [1.54, 1.807) is 6.92 Å². The third-order valence-corrected chi connectivity index (χ3v) is 2.00. The first kappa shape index (κ1) is 15.4. The van der Waals surface area contributed by atoms with Crippen LogP contribution < -0.4 is 34.7 Å². The molecule has 1 rings (SSSR count). The van der Waals surface area contributed by atoms with Gasteiger partial charge in [0.05, 0.1) is 13.1 Å². The number of H-pyrrole nitrogens is 1. The maximum absolute atomic E-state index is 11.3. The van der Waals surface area contributed by atoms with E-state index in [1.807, 2.05) is 0 Å². The van der Waals surface area contributed by atoms with Crippen molar-refractivity contribution in [1.29, 1.82) is 0 Å². The molecule has 7 nitrogen and oxygen atoms in total. The Labute approximate surface area is 103 Å². The monoisotopic (exact) mass is 262 g/mol. The van der Waals surface area contributed by atoms with Gasteiger partial charge in [-0.3, -0.25) is 19.1 Å². The van der Waals surface area contributed by atoms with Crippen molar-refractivity contribution < 1.29 is 22.9 Å². The fraction of sp³-hybridized carbons (Fsp3) is 0.444. The molecule has 0 aliphatic rings. The molecule has 1 heterocycles. The van der Waals surface area contributed by atoms with Crippen LogP contribution in [0.4, 0.5) is 0 Å². The van der Waals surface area contributed by atoms with Gasteiger partial charge >= 0.3 is 5.69 Å². The number of hydrogen-bond donors (Lipinski definition) is 3. The number of rotatable bonds is 4. The lowest BCUT2D eigenvalue weighted by molar-refractivity contribution is -0.364. The Morgan fingerprint density at radius 3 is 2.76 bits per heavy atom. The van der Waals surface area contributed by atoms with E-state index in [9.17, 15) is 14.4 Å². The van der Waals surface area contributed by atoms with Crippen LogP contribution in [0.2, 0.25) is 0 Å². The molecule has 0 aliphatic heterocycles. The van der Waals surface area contributed by atoms with Crippen LogP contribution >= 0.6 is 0 Å². The summed E-state index contributed by atoms with van der Waals surface area (Å²) in [5.41, 5.74) is 2.96. The first-order valence-electron chi connectivity index (χ1n) is 4.91. The molecule has 0 aliphatic carbocycles. The fourth-order valence-corrected chi connectivity index (χ4v) is 1.17. The second-order valence-corrected chi connectivity index (χ2v) is 3.40.